The lowest BCUT2D eigenvalue weighted by Gasteiger charge is -2.43. The van der Waals surface area contributed by atoms with E-state index >= 15 is 0 Å². The van der Waals surface area contributed by atoms with Gasteiger partial charge in [0.1, 0.15) is 0 Å². The zero-order valence-electron chi connectivity index (χ0n) is 14.2. The minimum atomic E-state index is 0.363. The van der Waals surface area contributed by atoms with Crippen LogP contribution in [0.15, 0.2) is 24.3 Å². The molecule has 0 radical (unpaired) electrons. The van der Waals surface area contributed by atoms with Crippen molar-refractivity contribution in [3.8, 4) is 0 Å². The third kappa shape index (κ3) is 4.21. The number of nitrogens with zero attached hydrogens (tertiary/aromatic N) is 2. The van der Waals surface area contributed by atoms with Gasteiger partial charge in [0.05, 0.1) is 0 Å². The average Bonchev–Trinajstić information content (AvgIpc) is 2.48. The fraction of sp³-hybridized carbons (Fsp3) is 0.667. The summed E-state index contributed by atoms with van der Waals surface area (Å²) in [5.74, 6) is 0. The van der Waals surface area contributed by atoms with Gasteiger partial charge in [0.15, 0.2) is 0 Å². The largest absolute Gasteiger partial charge is 0.378 e. The van der Waals surface area contributed by atoms with Crippen molar-refractivity contribution in [2.75, 3.05) is 39.6 Å². The standard InChI is InChI=1S/C18H31N3/c1-20(2)17-10-8-16(9-11-17)14-19-15-18(21(3)4)12-6-5-7-13-18/h8-11,19H,5-7,12-15H2,1-4H3. The van der Waals surface area contributed by atoms with Crippen LogP contribution in [0.2, 0.25) is 0 Å². The zero-order valence-corrected chi connectivity index (χ0v) is 14.2. The lowest BCUT2D eigenvalue weighted by molar-refractivity contribution is 0.0984. The maximum absolute atomic E-state index is 3.69. The first kappa shape index (κ1) is 16.3. The van der Waals surface area contributed by atoms with Crippen LogP contribution >= 0.6 is 0 Å². The van der Waals surface area contributed by atoms with Gasteiger partial charge >= 0.3 is 0 Å². The number of anilines is 1. The molecule has 1 saturated carbocycles. The summed E-state index contributed by atoms with van der Waals surface area (Å²) in [6.45, 7) is 2.05. The van der Waals surface area contributed by atoms with E-state index in [1.165, 1.54) is 43.4 Å². The van der Waals surface area contributed by atoms with Gasteiger partial charge in [-0.2, -0.15) is 0 Å². The van der Waals surface area contributed by atoms with Crippen molar-refractivity contribution in [2.24, 2.45) is 0 Å². The predicted molar refractivity (Wildman–Crippen MR) is 92.0 cm³/mol. The van der Waals surface area contributed by atoms with Crippen LogP contribution in [-0.2, 0) is 6.54 Å². The molecule has 2 rings (SSSR count). The van der Waals surface area contributed by atoms with Crippen molar-refractivity contribution in [1.82, 2.24) is 10.2 Å². The van der Waals surface area contributed by atoms with Crippen molar-refractivity contribution in [3.63, 3.8) is 0 Å². The molecular formula is C18H31N3. The Morgan fingerprint density at radius 1 is 0.952 bits per heavy atom. The fourth-order valence-electron chi connectivity index (χ4n) is 3.34. The van der Waals surface area contributed by atoms with Gasteiger partial charge in [-0.25, -0.2) is 0 Å². The summed E-state index contributed by atoms with van der Waals surface area (Å²) in [6, 6.07) is 8.84. The van der Waals surface area contributed by atoms with Gasteiger partial charge < -0.3 is 15.1 Å². The van der Waals surface area contributed by atoms with Gasteiger partial charge in [0.2, 0.25) is 0 Å². The van der Waals surface area contributed by atoms with Crippen LogP contribution in [0.25, 0.3) is 0 Å². The molecule has 1 fully saturated rings. The van der Waals surface area contributed by atoms with Gasteiger partial charge in [0, 0.05) is 38.4 Å². The molecule has 21 heavy (non-hydrogen) atoms. The molecule has 0 aliphatic heterocycles. The topological polar surface area (TPSA) is 18.5 Å². The Hall–Kier alpha value is -1.06. The summed E-state index contributed by atoms with van der Waals surface area (Å²) < 4.78 is 0. The Labute approximate surface area is 130 Å². The molecule has 1 aliphatic rings. The summed E-state index contributed by atoms with van der Waals surface area (Å²) in [7, 11) is 8.63. The summed E-state index contributed by atoms with van der Waals surface area (Å²) in [4.78, 5) is 4.58. The average molecular weight is 289 g/mol. The quantitative estimate of drug-likeness (QED) is 0.868. The summed E-state index contributed by atoms with van der Waals surface area (Å²) in [5.41, 5.74) is 2.99. The molecule has 3 heteroatoms. The van der Waals surface area contributed by atoms with Crippen molar-refractivity contribution in [2.45, 2.75) is 44.2 Å². The number of benzene rings is 1. The van der Waals surface area contributed by atoms with E-state index in [2.05, 4.69) is 67.6 Å². The highest BCUT2D eigenvalue weighted by Gasteiger charge is 2.33. The SMILES string of the molecule is CN(C)c1ccc(CNCC2(N(C)C)CCCCC2)cc1. The maximum atomic E-state index is 3.69. The molecule has 1 aromatic carbocycles. The Morgan fingerprint density at radius 3 is 2.10 bits per heavy atom. The van der Waals surface area contributed by atoms with Crippen LogP contribution in [0.3, 0.4) is 0 Å². The molecule has 0 atom stereocenters. The van der Waals surface area contributed by atoms with Gasteiger partial charge in [0.25, 0.3) is 0 Å². The third-order valence-electron chi connectivity index (χ3n) is 4.97. The molecule has 0 unspecified atom stereocenters. The van der Waals surface area contributed by atoms with Gasteiger partial charge in [-0.1, -0.05) is 31.4 Å². The van der Waals surface area contributed by atoms with Crippen molar-refractivity contribution < 1.29 is 0 Å². The number of likely N-dealkylation sites (N-methyl/N-ethyl adjacent to an activating group) is 1. The first-order valence-electron chi connectivity index (χ1n) is 8.18. The molecule has 1 aliphatic carbocycles. The highest BCUT2D eigenvalue weighted by Crippen LogP contribution is 2.31. The molecular weight excluding hydrogens is 258 g/mol. The van der Waals surface area contributed by atoms with E-state index in [1.807, 2.05) is 0 Å². The summed E-state index contributed by atoms with van der Waals surface area (Å²) in [6.07, 6.45) is 6.80. The van der Waals surface area contributed by atoms with Crippen LogP contribution in [0.5, 0.6) is 0 Å². The normalized spacial score (nSPS) is 18.0. The second-order valence-electron chi connectivity index (χ2n) is 6.84. The molecule has 0 heterocycles. The van der Waals surface area contributed by atoms with Crippen LogP contribution in [-0.4, -0.2) is 45.2 Å². The van der Waals surface area contributed by atoms with E-state index < -0.39 is 0 Å². The third-order valence-corrected chi connectivity index (χ3v) is 4.97. The van der Waals surface area contributed by atoms with Gasteiger partial charge in [-0.05, 0) is 44.6 Å². The summed E-state index contributed by atoms with van der Waals surface area (Å²) >= 11 is 0. The summed E-state index contributed by atoms with van der Waals surface area (Å²) in [5, 5.41) is 3.69. The number of hydrogen-bond acceptors (Lipinski definition) is 3. The lowest BCUT2D eigenvalue weighted by Crippen LogP contribution is -2.52. The van der Waals surface area contributed by atoms with Crippen LogP contribution in [0, 0.1) is 0 Å². The van der Waals surface area contributed by atoms with E-state index in [0.717, 1.165) is 13.1 Å². The molecule has 118 valence electrons. The van der Waals surface area contributed by atoms with E-state index in [9.17, 15) is 0 Å². The number of hydrogen-bond donors (Lipinski definition) is 1. The Balaban J connectivity index is 1.87. The predicted octanol–water partition coefficient (Wildman–Crippen LogP) is 3.11. The van der Waals surface area contributed by atoms with Crippen LogP contribution in [0.1, 0.15) is 37.7 Å². The Morgan fingerprint density at radius 2 is 1.57 bits per heavy atom. The number of nitrogens with one attached hydrogen (secondary N) is 1. The molecule has 0 saturated heterocycles. The zero-order chi connectivity index (χ0) is 15.3. The lowest BCUT2D eigenvalue weighted by atomic mass is 9.80. The van der Waals surface area contributed by atoms with Gasteiger partial charge in [-0.15, -0.1) is 0 Å². The molecule has 1 aromatic rings. The molecule has 3 nitrogen and oxygen atoms in total. The minimum Gasteiger partial charge on any atom is -0.378 e. The molecule has 1 N–H and O–H groups in total. The Kier molecular flexibility index (Phi) is 5.65. The smallest absolute Gasteiger partial charge is 0.0361 e. The van der Waals surface area contributed by atoms with E-state index in [0.29, 0.717) is 5.54 Å². The van der Waals surface area contributed by atoms with Gasteiger partial charge in [-0.3, -0.25) is 0 Å². The minimum absolute atomic E-state index is 0.363. The highest BCUT2D eigenvalue weighted by atomic mass is 15.2. The monoisotopic (exact) mass is 289 g/mol. The van der Waals surface area contributed by atoms with Crippen molar-refractivity contribution in [1.29, 1.82) is 0 Å². The molecule has 0 spiro atoms. The molecule has 0 bridgehead atoms. The molecule has 0 amide bonds. The fourth-order valence-corrected chi connectivity index (χ4v) is 3.34. The van der Waals surface area contributed by atoms with E-state index in [1.54, 1.807) is 0 Å². The van der Waals surface area contributed by atoms with E-state index in [-0.39, 0.29) is 0 Å². The number of rotatable bonds is 6. The van der Waals surface area contributed by atoms with Crippen molar-refractivity contribution >= 4 is 5.69 Å². The van der Waals surface area contributed by atoms with E-state index in [4.69, 9.17) is 0 Å². The maximum Gasteiger partial charge on any atom is 0.0361 e. The second kappa shape index (κ2) is 7.28. The second-order valence-corrected chi connectivity index (χ2v) is 6.84. The molecule has 0 aromatic heterocycles. The Bertz CT molecular complexity index is 417. The first-order chi connectivity index (χ1) is 10.0. The van der Waals surface area contributed by atoms with Crippen molar-refractivity contribution in [3.05, 3.63) is 29.8 Å². The highest BCUT2D eigenvalue weighted by molar-refractivity contribution is 5.45. The van der Waals surface area contributed by atoms with Crippen LogP contribution < -0.4 is 10.2 Å². The van der Waals surface area contributed by atoms with Crippen LogP contribution in [0.4, 0.5) is 5.69 Å². The first-order valence-corrected chi connectivity index (χ1v) is 8.18.